The van der Waals surface area contributed by atoms with Crippen LogP contribution in [-0.2, 0) is 16.7 Å². The molecule has 0 aromatic heterocycles. The fraction of sp³-hybridized carbons (Fsp3) is 0.435. The molecule has 162 valence electrons. The van der Waals surface area contributed by atoms with Crippen LogP contribution in [0.3, 0.4) is 0 Å². The third kappa shape index (κ3) is 5.37. The Kier molecular flexibility index (Phi) is 7.82. The molecule has 2 N–H and O–H groups in total. The van der Waals surface area contributed by atoms with Gasteiger partial charge in [-0.15, -0.1) is 0 Å². The van der Waals surface area contributed by atoms with Gasteiger partial charge in [0.25, 0.3) is 0 Å². The highest BCUT2D eigenvalue weighted by Gasteiger charge is 2.34. The first kappa shape index (κ1) is 22.2. The number of methoxy groups -OCH3 is 2. The SMILES string of the molecule is CN=C(NCc1ccc(OC)c(OC)c1)NCC1(c2cccc(Cl)c2)CCOCC1. The molecule has 3 rings (SSSR count). The monoisotopic (exact) mass is 431 g/mol. The van der Waals surface area contributed by atoms with E-state index in [1.165, 1.54) is 5.56 Å². The van der Waals surface area contributed by atoms with Crippen molar-refractivity contribution < 1.29 is 14.2 Å². The minimum Gasteiger partial charge on any atom is -0.493 e. The number of benzene rings is 2. The molecule has 0 amide bonds. The van der Waals surface area contributed by atoms with Gasteiger partial charge in [-0.3, -0.25) is 4.99 Å². The minimum absolute atomic E-state index is 0.0376. The van der Waals surface area contributed by atoms with E-state index >= 15 is 0 Å². The fourth-order valence-corrected chi connectivity index (χ4v) is 3.99. The number of nitrogens with one attached hydrogen (secondary N) is 2. The second-order valence-electron chi connectivity index (χ2n) is 7.37. The smallest absolute Gasteiger partial charge is 0.191 e. The largest absolute Gasteiger partial charge is 0.493 e. The van der Waals surface area contributed by atoms with Crippen molar-refractivity contribution in [1.29, 1.82) is 0 Å². The van der Waals surface area contributed by atoms with Gasteiger partial charge in [0.05, 0.1) is 14.2 Å². The number of hydrogen-bond acceptors (Lipinski definition) is 4. The highest BCUT2D eigenvalue weighted by atomic mass is 35.5. The summed E-state index contributed by atoms with van der Waals surface area (Å²) < 4.78 is 16.3. The first-order chi connectivity index (χ1) is 14.6. The molecule has 2 aromatic rings. The van der Waals surface area contributed by atoms with Gasteiger partial charge in [-0.05, 0) is 48.2 Å². The average molecular weight is 432 g/mol. The molecule has 1 aliphatic heterocycles. The van der Waals surface area contributed by atoms with Crippen LogP contribution in [0.1, 0.15) is 24.0 Å². The molecule has 0 unspecified atom stereocenters. The van der Waals surface area contributed by atoms with Crippen LogP contribution in [-0.4, -0.2) is 47.0 Å². The molecule has 0 spiro atoms. The van der Waals surface area contributed by atoms with E-state index in [1.54, 1.807) is 21.3 Å². The van der Waals surface area contributed by atoms with E-state index in [0.717, 1.165) is 49.1 Å². The molecular weight excluding hydrogens is 402 g/mol. The Labute approximate surface area is 183 Å². The molecule has 1 aliphatic rings. The zero-order chi connectivity index (χ0) is 21.4. The normalized spacial score (nSPS) is 16.1. The highest BCUT2D eigenvalue weighted by molar-refractivity contribution is 6.30. The Bertz CT molecular complexity index is 867. The fourth-order valence-electron chi connectivity index (χ4n) is 3.80. The zero-order valence-corrected chi connectivity index (χ0v) is 18.6. The highest BCUT2D eigenvalue weighted by Crippen LogP contribution is 2.35. The number of hydrogen-bond donors (Lipinski definition) is 2. The Morgan fingerprint density at radius 1 is 1.07 bits per heavy atom. The van der Waals surface area contributed by atoms with Crippen LogP contribution < -0.4 is 20.1 Å². The number of ether oxygens (including phenoxy) is 3. The summed E-state index contributed by atoms with van der Waals surface area (Å²) in [6.07, 6.45) is 1.88. The number of nitrogens with zero attached hydrogens (tertiary/aromatic N) is 1. The van der Waals surface area contributed by atoms with Gasteiger partial charge >= 0.3 is 0 Å². The summed E-state index contributed by atoms with van der Waals surface area (Å²) in [6.45, 7) is 2.85. The maximum atomic E-state index is 6.27. The van der Waals surface area contributed by atoms with Crippen molar-refractivity contribution >= 4 is 17.6 Å². The Hall–Kier alpha value is -2.44. The molecule has 30 heavy (non-hydrogen) atoms. The van der Waals surface area contributed by atoms with Crippen molar-refractivity contribution in [3.63, 3.8) is 0 Å². The third-order valence-electron chi connectivity index (χ3n) is 5.61. The lowest BCUT2D eigenvalue weighted by atomic mass is 9.74. The molecule has 2 aromatic carbocycles. The van der Waals surface area contributed by atoms with Gasteiger partial charge in [-0.1, -0.05) is 29.8 Å². The topological polar surface area (TPSA) is 64.1 Å². The predicted octanol–water partition coefficient (Wildman–Crippen LogP) is 3.77. The van der Waals surface area contributed by atoms with Gasteiger partial charge in [-0.2, -0.15) is 0 Å². The van der Waals surface area contributed by atoms with Gasteiger partial charge < -0.3 is 24.8 Å². The summed E-state index contributed by atoms with van der Waals surface area (Å²) in [6, 6.07) is 14.0. The Balaban J connectivity index is 1.66. The first-order valence-electron chi connectivity index (χ1n) is 10.1. The van der Waals surface area contributed by atoms with Crippen LogP contribution in [0.25, 0.3) is 0 Å². The van der Waals surface area contributed by atoms with E-state index in [-0.39, 0.29) is 5.41 Å². The average Bonchev–Trinajstić information content (AvgIpc) is 2.79. The number of rotatable bonds is 7. The van der Waals surface area contributed by atoms with Crippen LogP contribution in [0.5, 0.6) is 11.5 Å². The van der Waals surface area contributed by atoms with Crippen molar-refractivity contribution in [2.45, 2.75) is 24.8 Å². The van der Waals surface area contributed by atoms with Crippen molar-refractivity contribution in [2.75, 3.05) is 41.0 Å². The number of guanidine groups is 1. The van der Waals surface area contributed by atoms with Crippen LogP contribution in [0, 0.1) is 0 Å². The first-order valence-corrected chi connectivity index (χ1v) is 10.5. The molecule has 0 saturated carbocycles. The van der Waals surface area contributed by atoms with Gasteiger partial charge in [0.2, 0.25) is 0 Å². The van der Waals surface area contributed by atoms with E-state index in [2.05, 4.69) is 27.8 Å². The summed E-state index contributed by atoms with van der Waals surface area (Å²) >= 11 is 6.27. The molecule has 0 bridgehead atoms. The maximum absolute atomic E-state index is 6.27. The Morgan fingerprint density at radius 3 is 2.50 bits per heavy atom. The lowest BCUT2D eigenvalue weighted by Gasteiger charge is -2.38. The van der Waals surface area contributed by atoms with Crippen LogP contribution in [0.15, 0.2) is 47.5 Å². The molecule has 1 fully saturated rings. The van der Waals surface area contributed by atoms with E-state index in [1.807, 2.05) is 30.3 Å². The van der Waals surface area contributed by atoms with E-state index in [0.29, 0.717) is 18.0 Å². The van der Waals surface area contributed by atoms with Crippen LogP contribution in [0.4, 0.5) is 0 Å². The molecule has 1 heterocycles. The lowest BCUT2D eigenvalue weighted by molar-refractivity contribution is 0.0514. The number of aliphatic imine (C=N–C) groups is 1. The summed E-state index contributed by atoms with van der Waals surface area (Å²) in [7, 11) is 5.05. The standard InChI is InChI=1S/C23H30ClN3O3/c1-25-22(26-15-17-7-8-20(28-2)21(13-17)29-3)27-16-23(9-11-30-12-10-23)18-5-4-6-19(24)14-18/h4-8,13-14H,9-12,15-16H2,1-3H3,(H2,25,26,27). The van der Waals surface area contributed by atoms with Gasteiger partial charge in [0.1, 0.15) is 0 Å². The van der Waals surface area contributed by atoms with Crippen molar-refractivity contribution in [3.05, 3.63) is 58.6 Å². The van der Waals surface area contributed by atoms with Gasteiger partial charge in [-0.25, -0.2) is 0 Å². The van der Waals surface area contributed by atoms with Crippen LogP contribution >= 0.6 is 11.6 Å². The Morgan fingerprint density at radius 2 is 1.83 bits per heavy atom. The summed E-state index contributed by atoms with van der Waals surface area (Å²) in [5.74, 6) is 2.17. The van der Waals surface area contributed by atoms with Crippen molar-refractivity contribution in [1.82, 2.24) is 10.6 Å². The summed E-state index contributed by atoms with van der Waals surface area (Å²) in [5, 5.41) is 7.64. The van der Waals surface area contributed by atoms with E-state index in [9.17, 15) is 0 Å². The maximum Gasteiger partial charge on any atom is 0.191 e. The van der Waals surface area contributed by atoms with Crippen molar-refractivity contribution in [3.8, 4) is 11.5 Å². The van der Waals surface area contributed by atoms with Gasteiger partial charge in [0, 0.05) is 43.8 Å². The van der Waals surface area contributed by atoms with Gasteiger partial charge in [0.15, 0.2) is 17.5 Å². The third-order valence-corrected chi connectivity index (χ3v) is 5.85. The summed E-state index contributed by atoms with van der Waals surface area (Å²) in [5.41, 5.74) is 2.27. The molecule has 0 aliphatic carbocycles. The second-order valence-corrected chi connectivity index (χ2v) is 7.81. The molecule has 0 atom stereocenters. The molecular formula is C23H30ClN3O3. The minimum atomic E-state index is -0.0376. The zero-order valence-electron chi connectivity index (χ0n) is 17.8. The number of halogens is 1. The van der Waals surface area contributed by atoms with E-state index < -0.39 is 0 Å². The second kappa shape index (κ2) is 10.5. The molecule has 1 saturated heterocycles. The van der Waals surface area contributed by atoms with E-state index in [4.69, 9.17) is 25.8 Å². The lowest BCUT2D eigenvalue weighted by Crippen LogP contribution is -2.47. The summed E-state index contributed by atoms with van der Waals surface area (Å²) in [4.78, 5) is 4.39. The molecule has 0 radical (unpaired) electrons. The quantitative estimate of drug-likeness (QED) is 0.516. The van der Waals surface area contributed by atoms with Crippen LogP contribution in [0.2, 0.25) is 5.02 Å². The predicted molar refractivity (Wildman–Crippen MR) is 121 cm³/mol. The molecule has 6 nitrogen and oxygen atoms in total. The van der Waals surface area contributed by atoms with Crippen molar-refractivity contribution in [2.24, 2.45) is 4.99 Å². The molecule has 7 heteroatoms.